The molecule has 5 heteroatoms. The molecule has 4 atom stereocenters. The molecule has 3 heterocycles. The van der Waals surface area contributed by atoms with Crippen molar-refractivity contribution in [3.8, 4) is 5.75 Å². The van der Waals surface area contributed by atoms with Gasteiger partial charge in [0.05, 0.1) is 7.11 Å². The highest BCUT2D eigenvalue weighted by molar-refractivity contribution is 5.78. The van der Waals surface area contributed by atoms with Gasteiger partial charge in [-0.15, -0.1) is 0 Å². The predicted octanol–water partition coefficient (Wildman–Crippen LogP) is 4.28. The number of methoxy groups -OCH3 is 1. The van der Waals surface area contributed by atoms with E-state index in [0.29, 0.717) is 30.2 Å². The molecule has 0 spiro atoms. The minimum Gasteiger partial charge on any atom is -0.497 e. The van der Waals surface area contributed by atoms with Crippen molar-refractivity contribution >= 4 is 5.91 Å². The van der Waals surface area contributed by atoms with Crippen LogP contribution in [-0.2, 0) is 17.8 Å². The molecule has 5 rings (SSSR count). The molecule has 0 unspecified atom stereocenters. The van der Waals surface area contributed by atoms with Crippen molar-refractivity contribution in [3.05, 3.63) is 65.5 Å². The molecule has 3 aliphatic heterocycles. The molecule has 1 amide bonds. The van der Waals surface area contributed by atoms with Gasteiger partial charge in [-0.05, 0) is 72.9 Å². The van der Waals surface area contributed by atoms with Crippen LogP contribution in [0.1, 0.15) is 36.8 Å². The quantitative estimate of drug-likeness (QED) is 0.721. The highest BCUT2D eigenvalue weighted by Crippen LogP contribution is 2.43. The molecule has 3 fully saturated rings. The smallest absolute Gasteiger partial charge is 0.223 e. The van der Waals surface area contributed by atoms with Crippen LogP contribution in [0.4, 0.5) is 4.39 Å². The van der Waals surface area contributed by atoms with Crippen molar-refractivity contribution in [1.29, 1.82) is 0 Å². The molecule has 0 N–H and O–H groups in total. The minimum atomic E-state index is -0.186. The van der Waals surface area contributed by atoms with Crippen LogP contribution in [0, 0.1) is 17.7 Å². The summed E-state index contributed by atoms with van der Waals surface area (Å²) in [7, 11) is 1.70. The van der Waals surface area contributed by atoms with Crippen LogP contribution in [0.25, 0.3) is 0 Å². The van der Waals surface area contributed by atoms with E-state index in [1.54, 1.807) is 19.2 Å². The van der Waals surface area contributed by atoms with E-state index in [4.69, 9.17) is 4.74 Å². The number of hydrogen-bond acceptors (Lipinski definition) is 3. The van der Waals surface area contributed by atoms with Crippen molar-refractivity contribution in [1.82, 2.24) is 9.80 Å². The van der Waals surface area contributed by atoms with Gasteiger partial charge >= 0.3 is 0 Å². The largest absolute Gasteiger partial charge is 0.497 e. The SMILES string of the molecule is COc1cccc(C[C@H]2[C@H]3C[C@H](CN(Cc4ccc(F)cc4)C3)[C@@H]3CCCC(=O)N32)c1. The average molecular weight is 423 g/mol. The Morgan fingerprint density at radius 1 is 1.06 bits per heavy atom. The van der Waals surface area contributed by atoms with Gasteiger partial charge in [0.2, 0.25) is 5.91 Å². The van der Waals surface area contributed by atoms with E-state index in [0.717, 1.165) is 50.2 Å². The van der Waals surface area contributed by atoms with Crippen LogP contribution in [0.3, 0.4) is 0 Å². The number of ether oxygens (including phenoxy) is 1. The highest BCUT2D eigenvalue weighted by atomic mass is 19.1. The van der Waals surface area contributed by atoms with Crippen LogP contribution in [-0.4, -0.2) is 48.0 Å². The Labute approximate surface area is 184 Å². The molecule has 0 aliphatic carbocycles. The van der Waals surface area contributed by atoms with Crippen LogP contribution in [0.15, 0.2) is 48.5 Å². The maximum atomic E-state index is 13.3. The maximum absolute atomic E-state index is 13.3. The number of amides is 1. The van der Waals surface area contributed by atoms with Gasteiger partial charge in [0.15, 0.2) is 0 Å². The summed E-state index contributed by atoms with van der Waals surface area (Å²) in [4.78, 5) is 17.8. The number of carbonyl (C=O) groups excluding carboxylic acids is 1. The van der Waals surface area contributed by atoms with E-state index >= 15 is 0 Å². The Bertz CT molecular complexity index is 931. The number of rotatable bonds is 5. The summed E-state index contributed by atoms with van der Waals surface area (Å²) in [5, 5.41) is 0. The van der Waals surface area contributed by atoms with Gasteiger partial charge in [-0.2, -0.15) is 0 Å². The first-order valence-corrected chi connectivity index (χ1v) is 11.5. The molecule has 3 aliphatic rings. The van der Waals surface area contributed by atoms with Crippen LogP contribution in [0.5, 0.6) is 5.75 Å². The normalized spacial score (nSPS) is 28.3. The Morgan fingerprint density at radius 3 is 2.68 bits per heavy atom. The molecule has 3 saturated heterocycles. The van der Waals surface area contributed by atoms with E-state index in [2.05, 4.69) is 21.9 Å². The van der Waals surface area contributed by atoms with Crippen molar-refractivity contribution in [2.75, 3.05) is 20.2 Å². The summed E-state index contributed by atoms with van der Waals surface area (Å²) in [6, 6.07) is 15.7. The molecular formula is C26H31FN2O2. The summed E-state index contributed by atoms with van der Waals surface area (Å²) < 4.78 is 18.8. The summed E-state index contributed by atoms with van der Waals surface area (Å²) in [5.41, 5.74) is 2.39. The van der Waals surface area contributed by atoms with Crippen LogP contribution >= 0.6 is 0 Å². The molecule has 31 heavy (non-hydrogen) atoms. The Hall–Kier alpha value is -2.40. The van der Waals surface area contributed by atoms with Crippen LogP contribution < -0.4 is 4.74 Å². The first kappa shape index (κ1) is 20.5. The Morgan fingerprint density at radius 2 is 1.87 bits per heavy atom. The molecule has 164 valence electrons. The number of piperidine rings is 3. The van der Waals surface area contributed by atoms with Crippen molar-refractivity contribution in [2.45, 2.75) is 50.7 Å². The van der Waals surface area contributed by atoms with Gasteiger partial charge in [0, 0.05) is 38.1 Å². The minimum absolute atomic E-state index is 0.186. The van der Waals surface area contributed by atoms with Gasteiger partial charge in [-0.3, -0.25) is 9.69 Å². The first-order chi connectivity index (χ1) is 15.1. The molecule has 2 aromatic carbocycles. The third-order valence-electron chi connectivity index (χ3n) is 7.47. The first-order valence-electron chi connectivity index (χ1n) is 11.5. The lowest BCUT2D eigenvalue weighted by Gasteiger charge is -2.57. The molecular weight excluding hydrogens is 391 g/mol. The summed E-state index contributed by atoms with van der Waals surface area (Å²) in [5.74, 6) is 2.02. The lowest BCUT2D eigenvalue weighted by atomic mass is 9.70. The summed E-state index contributed by atoms with van der Waals surface area (Å²) in [6.07, 6.45) is 4.88. The van der Waals surface area contributed by atoms with Crippen molar-refractivity contribution < 1.29 is 13.9 Å². The predicted molar refractivity (Wildman–Crippen MR) is 118 cm³/mol. The molecule has 4 nitrogen and oxygen atoms in total. The van der Waals surface area contributed by atoms with E-state index in [9.17, 15) is 9.18 Å². The Kier molecular flexibility index (Phi) is 5.70. The zero-order chi connectivity index (χ0) is 21.4. The molecule has 0 radical (unpaired) electrons. The van der Waals surface area contributed by atoms with Gasteiger partial charge in [-0.25, -0.2) is 4.39 Å². The van der Waals surface area contributed by atoms with Crippen molar-refractivity contribution in [2.24, 2.45) is 11.8 Å². The van der Waals surface area contributed by atoms with E-state index < -0.39 is 0 Å². The monoisotopic (exact) mass is 422 g/mol. The van der Waals surface area contributed by atoms with Gasteiger partial charge in [-0.1, -0.05) is 24.3 Å². The second kappa shape index (κ2) is 8.62. The second-order valence-corrected chi connectivity index (χ2v) is 9.46. The fourth-order valence-corrected chi connectivity index (χ4v) is 6.15. The zero-order valence-corrected chi connectivity index (χ0v) is 18.2. The number of carbonyl (C=O) groups is 1. The number of benzene rings is 2. The zero-order valence-electron chi connectivity index (χ0n) is 18.2. The highest BCUT2D eigenvalue weighted by Gasteiger charge is 2.49. The van der Waals surface area contributed by atoms with E-state index in [-0.39, 0.29) is 11.9 Å². The number of hydrogen-bond donors (Lipinski definition) is 0. The second-order valence-electron chi connectivity index (χ2n) is 9.46. The lowest BCUT2D eigenvalue weighted by molar-refractivity contribution is -0.152. The number of likely N-dealkylation sites (tertiary alicyclic amines) is 1. The fourth-order valence-electron chi connectivity index (χ4n) is 6.15. The average Bonchev–Trinajstić information content (AvgIpc) is 2.78. The number of fused-ring (bicyclic) bond motifs is 4. The Balaban J connectivity index is 1.40. The van der Waals surface area contributed by atoms with E-state index in [1.807, 2.05) is 24.3 Å². The van der Waals surface area contributed by atoms with Gasteiger partial charge in [0.25, 0.3) is 0 Å². The number of nitrogens with zero attached hydrogens (tertiary/aromatic N) is 2. The summed E-state index contributed by atoms with van der Waals surface area (Å²) >= 11 is 0. The molecule has 2 bridgehead atoms. The van der Waals surface area contributed by atoms with Crippen LogP contribution in [0.2, 0.25) is 0 Å². The third kappa shape index (κ3) is 4.20. The molecule has 0 aromatic heterocycles. The molecule has 2 aromatic rings. The van der Waals surface area contributed by atoms with Crippen molar-refractivity contribution in [3.63, 3.8) is 0 Å². The molecule has 0 saturated carbocycles. The maximum Gasteiger partial charge on any atom is 0.223 e. The number of halogens is 1. The van der Waals surface area contributed by atoms with E-state index in [1.165, 1.54) is 12.0 Å². The lowest BCUT2D eigenvalue weighted by Crippen LogP contribution is -2.65. The summed E-state index contributed by atoms with van der Waals surface area (Å²) in [6.45, 7) is 2.85. The van der Waals surface area contributed by atoms with Gasteiger partial charge < -0.3 is 9.64 Å². The van der Waals surface area contributed by atoms with Gasteiger partial charge in [0.1, 0.15) is 11.6 Å². The third-order valence-corrected chi connectivity index (χ3v) is 7.47. The topological polar surface area (TPSA) is 32.8 Å². The fraction of sp³-hybridized carbons (Fsp3) is 0.500. The standard InChI is InChI=1S/C26H31FN2O2/c1-31-23-5-2-4-19(12-23)13-25-21-14-20(24-6-3-7-26(30)29(24)25)16-28(17-21)15-18-8-10-22(27)11-9-18/h2,4-5,8-12,20-21,24-25H,3,6-7,13-17H2,1H3/t20-,21+,24+,25+/m1/s1.